The predicted octanol–water partition coefficient (Wildman–Crippen LogP) is 5.20. The predicted molar refractivity (Wildman–Crippen MR) is 107 cm³/mol. The number of para-hydroxylation sites is 2. The van der Waals surface area contributed by atoms with Crippen molar-refractivity contribution in [2.24, 2.45) is 0 Å². The largest absolute Gasteiger partial charge is 0.377 e. The Morgan fingerprint density at radius 2 is 1.65 bits per heavy atom. The molecule has 1 aromatic heterocycles. The molecule has 1 heterocycles. The lowest BCUT2D eigenvalue weighted by molar-refractivity contribution is 0.116. The SMILES string of the molecule is CCCCCCCCOCc1ccccc1-n1[nH]c2ccccc2c1=O. The minimum absolute atomic E-state index is 0.0241. The fourth-order valence-electron chi connectivity index (χ4n) is 3.25. The molecular weight excluding hydrogens is 324 g/mol. The van der Waals surface area contributed by atoms with Crippen LogP contribution in [0.15, 0.2) is 53.3 Å². The molecule has 0 aliphatic rings. The third kappa shape index (κ3) is 4.44. The van der Waals surface area contributed by atoms with Crippen LogP contribution < -0.4 is 5.56 Å². The van der Waals surface area contributed by atoms with Gasteiger partial charge in [0.05, 0.1) is 23.2 Å². The van der Waals surface area contributed by atoms with Crippen LogP contribution in [0.3, 0.4) is 0 Å². The first kappa shape index (κ1) is 18.5. The Labute approximate surface area is 154 Å². The molecular formula is C22H28N2O2. The molecule has 0 amide bonds. The molecule has 26 heavy (non-hydrogen) atoms. The second-order valence-corrected chi connectivity index (χ2v) is 6.75. The molecule has 3 rings (SSSR count). The number of H-pyrrole nitrogens is 1. The van der Waals surface area contributed by atoms with Crippen molar-refractivity contribution in [3.05, 3.63) is 64.4 Å². The number of rotatable bonds is 10. The molecule has 0 aliphatic heterocycles. The van der Waals surface area contributed by atoms with Crippen molar-refractivity contribution < 1.29 is 4.74 Å². The molecule has 0 saturated heterocycles. The van der Waals surface area contributed by atoms with Gasteiger partial charge in [0.15, 0.2) is 0 Å². The van der Waals surface area contributed by atoms with E-state index in [1.807, 2.05) is 48.5 Å². The Balaban J connectivity index is 1.63. The van der Waals surface area contributed by atoms with Gasteiger partial charge in [-0.15, -0.1) is 0 Å². The van der Waals surface area contributed by atoms with Crippen LogP contribution in [0.5, 0.6) is 0 Å². The van der Waals surface area contributed by atoms with E-state index in [4.69, 9.17) is 4.74 Å². The Morgan fingerprint density at radius 3 is 2.50 bits per heavy atom. The van der Waals surface area contributed by atoms with E-state index in [-0.39, 0.29) is 5.56 Å². The minimum atomic E-state index is -0.0241. The van der Waals surface area contributed by atoms with Gasteiger partial charge in [0.2, 0.25) is 0 Å². The van der Waals surface area contributed by atoms with Crippen LogP contribution in [0, 0.1) is 0 Å². The summed E-state index contributed by atoms with van der Waals surface area (Å²) in [5.74, 6) is 0. The number of fused-ring (bicyclic) bond motifs is 1. The molecule has 2 aromatic carbocycles. The van der Waals surface area contributed by atoms with Crippen molar-refractivity contribution in [3.63, 3.8) is 0 Å². The Hall–Kier alpha value is -2.33. The van der Waals surface area contributed by atoms with Gasteiger partial charge in [-0.25, -0.2) is 4.68 Å². The smallest absolute Gasteiger partial charge is 0.279 e. The number of unbranched alkanes of at least 4 members (excludes halogenated alkanes) is 5. The molecule has 0 radical (unpaired) electrons. The summed E-state index contributed by atoms with van der Waals surface area (Å²) in [5.41, 5.74) is 2.70. The molecule has 0 unspecified atom stereocenters. The molecule has 0 atom stereocenters. The molecule has 3 aromatic rings. The van der Waals surface area contributed by atoms with Gasteiger partial charge in [-0.1, -0.05) is 69.4 Å². The monoisotopic (exact) mass is 352 g/mol. The number of ether oxygens (including phenoxy) is 1. The molecule has 0 saturated carbocycles. The highest BCUT2D eigenvalue weighted by Gasteiger charge is 2.11. The number of benzene rings is 2. The van der Waals surface area contributed by atoms with E-state index < -0.39 is 0 Å². The number of aromatic nitrogens is 2. The van der Waals surface area contributed by atoms with Gasteiger partial charge >= 0.3 is 0 Å². The van der Waals surface area contributed by atoms with E-state index in [2.05, 4.69) is 12.0 Å². The molecule has 0 fully saturated rings. The molecule has 138 valence electrons. The first-order chi connectivity index (χ1) is 12.8. The summed E-state index contributed by atoms with van der Waals surface area (Å²) in [6, 6.07) is 15.5. The molecule has 0 aliphatic carbocycles. The quantitative estimate of drug-likeness (QED) is 0.510. The van der Waals surface area contributed by atoms with Crippen LogP contribution in [-0.2, 0) is 11.3 Å². The van der Waals surface area contributed by atoms with Crippen LogP contribution in [0.4, 0.5) is 0 Å². The zero-order valence-electron chi connectivity index (χ0n) is 15.5. The highest BCUT2D eigenvalue weighted by atomic mass is 16.5. The summed E-state index contributed by atoms with van der Waals surface area (Å²) < 4.78 is 7.49. The third-order valence-electron chi connectivity index (χ3n) is 4.73. The number of hydrogen-bond acceptors (Lipinski definition) is 2. The summed E-state index contributed by atoms with van der Waals surface area (Å²) >= 11 is 0. The van der Waals surface area contributed by atoms with E-state index >= 15 is 0 Å². The lowest BCUT2D eigenvalue weighted by atomic mass is 10.1. The number of nitrogens with zero attached hydrogens (tertiary/aromatic N) is 1. The van der Waals surface area contributed by atoms with Gasteiger partial charge in [-0.2, -0.15) is 0 Å². The average molecular weight is 352 g/mol. The number of hydrogen-bond donors (Lipinski definition) is 1. The third-order valence-corrected chi connectivity index (χ3v) is 4.73. The maximum atomic E-state index is 12.7. The maximum absolute atomic E-state index is 12.7. The minimum Gasteiger partial charge on any atom is -0.377 e. The van der Waals surface area contributed by atoms with Crippen LogP contribution >= 0.6 is 0 Å². The number of nitrogens with one attached hydrogen (secondary N) is 1. The van der Waals surface area contributed by atoms with Crippen molar-refractivity contribution >= 4 is 10.9 Å². The van der Waals surface area contributed by atoms with Gasteiger partial charge in [-0.3, -0.25) is 9.89 Å². The first-order valence-corrected chi connectivity index (χ1v) is 9.67. The Kier molecular flexibility index (Phi) is 6.67. The van der Waals surface area contributed by atoms with E-state index in [0.717, 1.165) is 29.8 Å². The fraction of sp³-hybridized carbons (Fsp3) is 0.409. The molecule has 0 spiro atoms. The molecule has 1 N–H and O–H groups in total. The summed E-state index contributed by atoms with van der Waals surface area (Å²) in [7, 11) is 0. The topological polar surface area (TPSA) is 47.0 Å². The summed E-state index contributed by atoms with van der Waals surface area (Å²) in [5, 5.41) is 3.90. The Morgan fingerprint density at radius 1 is 0.923 bits per heavy atom. The first-order valence-electron chi connectivity index (χ1n) is 9.67. The highest BCUT2D eigenvalue weighted by Crippen LogP contribution is 2.16. The van der Waals surface area contributed by atoms with Crippen molar-refractivity contribution in [1.29, 1.82) is 0 Å². The number of aromatic amines is 1. The van der Waals surface area contributed by atoms with Gasteiger partial charge in [-0.05, 0) is 24.6 Å². The Bertz CT molecular complexity index is 879. The summed E-state index contributed by atoms with van der Waals surface area (Å²) in [4.78, 5) is 12.7. The lowest BCUT2D eigenvalue weighted by Crippen LogP contribution is -2.16. The van der Waals surface area contributed by atoms with E-state index in [1.54, 1.807) is 4.68 Å². The van der Waals surface area contributed by atoms with E-state index in [1.165, 1.54) is 32.1 Å². The van der Waals surface area contributed by atoms with Gasteiger partial charge < -0.3 is 4.74 Å². The van der Waals surface area contributed by atoms with Crippen LogP contribution in [0.25, 0.3) is 16.6 Å². The zero-order chi connectivity index (χ0) is 18.2. The maximum Gasteiger partial charge on any atom is 0.279 e. The van der Waals surface area contributed by atoms with Crippen molar-refractivity contribution in [2.75, 3.05) is 6.61 Å². The average Bonchev–Trinajstić information content (AvgIpc) is 3.01. The molecule has 4 nitrogen and oxygen atoms in total. The van der Waals surface area contributed by atoms with Crippen molar-refractivity contribution in [3.8, 4) is 5.69 Å². The molecule has 4 heteroatoms. The van der Waals surface area contributed by atoms with Gasteiger partial charge in [0.1, 0.15) is 0 Å². The second kappa shape index (κ2) is 9.39. The summed E-state index contributed by atoms with van der Waals surface area (Å²) in [6.07, 6.45) is 7.54. The van der Waals surface area contributed by atoms with Crippen molar-refractivity contribution in [1.82, 2.24) is 9.78 Å². The van der Waals surface area contributed by atoms with Crippen molar-refractivity contribution in [2.45, 2.75) is 52.1 Å². The highest BCUT2D eigenvalue weighted by molar-refractivity contribution is 5.78. The fourth-order valence-corrected chi connectivity index (χ4v) is 3.25. The van der Waals surface area contributed by atoms with Crippen LogP contribution in [-0.4, -0.2) is 16.4 Å². The van der Waals surface area contributed by atoms with E-state index in [0.29, 0.717) is 12.0 Å². The van der Waals surface area contributed by atoms with Crippen LogP contribution in [0.2, 0.25) is 0 Å². The van der Waals surface area contributed by atoms with Gasteiger partial charge in [0, 0.05) is 12.2 Å². The van der Waals surface area contributed by atoms with Gasteiger partial charge in [0.25, 0.3) is 5.56 Å². The molecule has 0 bridgehead atoms. The second-order valence-electron chi connectivity index (χ2n) is 6.75. The zero-order valence-corrected chi connectivity index (χ0v) is 15.5. The standard InChI is InChI=1S/C22H28N2O2/c1-2-3-4-5-6-11-16-26-17-18-12-7-10-15-21(18)24-22(25)19-13-8-9-14-20(19)23-24/h7-10,12-15,23H,2-6,11,16-17H2,1H3. The normalized spacial score (nSPS) is 11.3. The van der Waals surface area contributed by atoms with Crippen LogP contribution in [0.1, 0.15) is 51.0 Å². The summed E-state index contributed by atoms with van der Waals surface area (Å²) in [6.45, 7) is 3.52. The van der Waals surface area contributed by atoms with E-state index in [9.17, 15) is 4.79 Å². The lowest BCUT2D eigenvalue weighted by Gasteiger charge is -2.10.